The molecule has 0 aromatic heterocycles. The number of likely N-dealkylation sites (tertiary alicyclic amines) is 1. The summed E-state index contributed by atoms with van der Waals surface area (Å²) in [7, 11) is 0. The molecular formula is C22H24F3NO3. The topological polar surface area (TPSA) is 49.8 Å². The van der Waals surface area contributed by atoms with Gasteiger partial charge in [-0.25, -0.2) is 0 Å². The van der Waals surface area contributed by atoms with Gasteiger partial charge in [-0.2, -0.15) is 13.2 Å². The first-order valence-electron chi connectivity index (χ1n) is 9.67. The highest BCUT2D eigenvalue weighted by Crippen LogP contribution is 2.41. The number of ether oxygens (including phenoxy) is 1. The lowest BCUT2D eigenvalue weighted by Gasteiger charge is -2.38. The summed E-state index contributed by atoms with van der Waals surface area (Å²) in [4.78, 5) is 13.4. The van der Waals surface area contributed by atoms with Gasteiger partial charge in [0.25, 0.3) is 0 Å². The molecule has 2 unspecified atom stereocenters. The second-order valence-corrected chi connectivity index (χ2v) is 7.17. The summed E-state index contributed by atoms with van der Waals surface area (Å²) >= 11 is 0. The summed E-state index contributed by atoms with van der Waals surface area (Å²) < 4.78 is 46.8. The third kappa shape index (κ3) is 4.90. The zero-order valence-electron chi connectivity index (χ0n) is 16.2. The summed E-state index contributed by atoms with van der Waals surface area (Å²) in [5, 5.41) is 9.45. The van der Waals surface area contributed by atoms with E-state index >= 15 is 0 Å². The van der Waals surface area contributed by atoms with E-state index in [9.17, 15) is 23.1 Å². The van der Waals surface area contributed by atoms with E-state index in [2.05, 4.69) is 0 Å². The predicted molar refractivity (Wildman–Crippen MR) is 103 cm³/mol. The Morgan fingerprint density at radius 3 is 2.69 bits per heavy atom. The molecule has 1 heterocycles. The van der Waals surface area contributed by atoms with Crippen LogP contribution in [0.15, 0.2) is 48.5 Å². The van der Waals surface area contributed by atoms with E-state index in [1.54, 1.807) is 30.3 Å². The van der Waals surface area contributed by atoms with E-state index in [4.69, 9.17) is 4.74 Å². The van der Waals surface area contributed by atoms with Crippen molar-refractivity contribution >= 4 is 5.97 Å². The van der Waals surface area contributed by atoms with Crippen LogP contribution in [-0.2, 0) is 11.0 Å². The minimum absolute atomic E-state index is 0.125. The Morgan fingerprint density at radius 2 is 2.00 bits per heavy atom. The quantitative estimate of drug-likeness (QED) is 0.733. The standard InChI is InChI=1S/C22H24F3NO3/c1-2-29-17-9-5-7-15(13-17)20(26-12-6-8-16(14-26)21(27)28)18-10-3-4-11-19(18)22(23,24)25/h3-5,7,9-11,13,16,20H,2,6,8,12,14H2,1H3,(H,27,28). The zero-order valence-corrected chi connectivity index (χ0v) is 16.2. The first-order valence-corrected chi connectivity index (χ1v) is 9.67. The van der Waals surface area contributed by atoms with Gasteiger partial charge in [-0.05, 0) is 55.6 Å². The Balaban J connectivity index is 2.10. The van der Waals surface area contributed by atoms with Crippen LogP contribution >= 0.6 is 0 Å². The van der Waals surface area contributed by atoms with E-state index in [-0.39, 0.29) is 12.1 Å². The van der Waals surface area contributed by atoms with Crippen LogP contribution in [0, 0.1) is 5.92 Å². The van der Waals surface area contributed by atoms with Gasteiger partial charge in [-0.1, -0.05) is 30.3 Å². The van der Waals surface area contributed by atoms with Crippen LogP contribution in [0.3, 0.4) is 0 Å². The zero-order chi connectivity index (χ0) is 21.0. The summed E-state index contributed by atoms with van der Waals surface area (Å²) in [6.07, 6.45) is -3.36. The van der Waals surface area contributed by atoms with Gasteiger partial charge in [0.05, 0.1) is 24.1 Å². The van der Waals surface area contributed by atoms with Crippen LogP contribution in [0.4, 0.5) is 13.2 Å². The average molecular weight is 407 g/mol. The van der Waals surface area contributed by atoms with Crippen molar-refractivity contribution in [2.45, 2.75) is 32.0 Å². The van der Waals surface area contributed by atoms with Gasteiger partial charge < -0.3 is 9.84 Å². The Labute approximate surface area is 167 Å². The van der Waals surface area contributed by atoms with E-state index in [1.165, 1.54) is 12.1 Å². The maximum absolute atomic E-state index is 13.8. The van der Waals surface area contributed by atoms with Crippen molar-refractivity contribution in [2.75, 3.05) is 19.7 Å². The number of piperidine rings is 1. The Hall–Kier alpha value is -2.54. The van der Waals surface area contributed by atoms with Crippen LogP contribution in [-0.4, -0.2) is 35.7 Å². The minimum Gasteiger partial charge on any atom is -0.494 e. The molecule has 1 N–H and O–H groups in total. The van der Waals surface area contributed by atoms with Gasteiger partial charge in [0.2, 0.25) is 0 Å². The van der Waals surface area contributed by atoms with Gasteiger partial charge in [0.1, 0.15) is 5.75 Å². The minimum atomic E-state index is -4.51. The number of hydrogen-bond donors (Lipinski definition) is 1. The fourth-order valence-corrected chi connectivity index (χ4v) is 3.96. The van der Waals surface area contributed by atoms with E-state index in [1.807, 2.05) is 11.8 Å². The summed E-state index contributed by atoms with van der Waals surface area (Å²) in [6.45, 7) is 3.01. The molecule has 3 rings (SSSR count). The van der Waals surface area contributed by atoms with Gasteiger partial charge in [0.15, 0.2) is 0 Å². The molecule has 1 saturated heterocycles. The fraction of sp³-hybridized carbons (Fsp3) is 0.409. The summed E-state index contributed by atoms with van der Waals surface area (Å²) in [5.41, 5.74) is 0.0719. The number of carboxylic acid groups (broad SMARTS) is 1. The van der Waals surface area contributed by atoms with Crippen LogP contribution in [0.2, 0.25) is 0 Å². The van der Waals surface area contributed by atoms with Crippen molar-refractivity contribution < 1.29 is 27.8 Å². The molecule has 0 saturated carbocycles. The second-order valence-electron chi connectivity index (χ2n) is 7.17. The molecule has 0 aliphatic carbocycles. The molecule has 2 atom stereocenters. The van der Waals surface area contributed by atoms with Crippen molar-refractivity contribution in [2.24, 2.45) is 5.92 Å². The third-order valence-electron chi connectivity index (χ3n) is 5.21. The van der Waals surface area contributed by atoms with Gasteiger partial charge in [0, 0.05) is 6.54 Å². The lowest BCUT2D eigenvalue weighted by molar-refractivity contribution is -0.144. The molecule has 0 amide bonds. The number of hydrogen-bond acceptors (Lipinski definition) is 3. The second kappa shape index (κ2) is 8.86. The van der Waals surface area contributed by atoms with Crippen LogP contribution in [0.5, 0.6) is 5.75 Å². The van der Waals surface area contributed by atoms with E-state index in [0.717, 1.165) is 6.07 Å². The molecule has 1 fully saturated rings. The number of alkyl halides is 3. The molecule has 4 nitrogen and oxygen atoms in total. The van der Waals surface area contributed by atoms with Crippen molar-refractivity contribution in [1.82, 2.24) is 4.90 Å². The van der Waals surface area contributed by atoms with Crippen molar-refractivity contribution in [3.8, 4) is 5.75 Å². The summed E-state index contributed by atoms with van der Waals surface area (Å²) in [6, 6.07) is 11.8. The smallest absolute Gasteiger partial charge is 0.416 e. The highest BCUT2D eigenvalue weighted by molar-refractivity contribution is 5.70. The largest absolute Gasteiger partial charge is 0.494 e. The van der Waals surface area contributed by atoms with Gasteiger partial charge >= 0.3 is 12.1 Å². The van der Waals surface area contributed by atoms with Crippen LogP contribution in [0.1, 0.15) is 42.5 Å². The number of rotatable bonds is 6. The molecule has 7 heteroatoms. The third-order valence-corrected chi connectivity index (χ3v) is 5.21. The molecule has 29 heavy (non-hydrogen) atoms. The molecule has 0 radical (unpaired) electrons. The Morgan fingerprint density at radius 1 is 1.24 bits per heavy atom. The number of benzene rings is 2. The molecule has 2 aromatic rings. The highest BCUT2D eigenvalue weighted by atomic mass is 19.4. The normalized spacial score (nSPS) is 19.0. The SMILES string of the molecule is CCOc1cccc(C(c2ccccc2C(F)(F)F)N2CCCC(C(=O)O)C2)c1. The number of carbonyl (C=O) groups is 1. The Bertz CT molecular complexity index is 853. The van der Waals surface area contributed by atoms with E-state index in [0.29, 0.717) is 37.3 Å². The monoisotopic (exact) mass is 407 g/mol. The molecule has 0 spiro atoms. The highest BCUT2D eigenvalue weighted by Gasteiger charge is 2.38. The molecule has 1 aliphatic rings. The van der Waals surface area contributed by atoms with Crippen LogP contribution in [0.25, 0.3) is 0 Å². The Kier molecular flexibility index (Phi) is 6.47. The average Bonchev–Trinajstić information content (AvgIpc) is 2.69. The number of carboxylic acids is 1. The predicted octanol–water partition coefficient (Wildman–Crippen LogP) is 4.99. The lowest BCUT2D eigenvalue weighted by Crippen LogP contribution is -2.41. The van der Waals surface area contributed by atoms with Crippen molar-refractivity contribution in [3.63, 3.8) is 0 Å². The maximum atomic E-state index is 13.8. The first-order chi connectivity index (χ1) is 13.8. The molecule has 0 bridgehead atoms. The maximum Gasteiger partial charge on any atom is 0.416 e. The van der Waals surface area contributed by atoms with Crippen molar-refractivity contribution in [1.29, 1.82) is 0 Å². The first kappa shape index (κ1) is 21.2. The number of nitrogens with zero attached hydrogens (tertiary/aromatic N) is 1. The van der Waals surface area contributed by atoms with Gasteiger partial charge in [-0.15, -0.1) is 0 Å². The number of aliphatic carboxylic acids is 1. The molecule has 2 aromatic carbocycles. The van der Waals surface area contributed by atoms with E-state index < -0.39 is 29.7 Å². The molecular weight excluding hydrogens is 383 g/mol. The number of halogens is 3. The lowest BCUT2D eigenvalue weighted by atomic mass is 9.89. The summed E-state index contributed by atoms with van der Waals surface area (Å²) in [5.74, 6) is -0.939. The van der Waals surface area contributed by atoms with Gasteiger partial charge in [-0.3, -0.25) is 9.69 Å². The molecule has 1 aliphatic heterocycles. The molecule has 156 valence electrons. The van der Waals surface area contributed by atoms with Crippen LogP contribution < -0.4 is 4.74 Å². The fourth-order valence-electron chi connectivity index (χ4n) is 3.96. The van der Waals surface area contributed by atoms with Crippen molar-refractivity contribution in [3.05, 3.63) is 65.2 Å².